The number of hydrogen-bond acceptors (Lipinski definition) is 5. The Morgan fingerprint density at radius 1 is 1.00 bits per heavy atom. The van der Waals surface area contributed by atoms with Gasteiger partial charge in [0.25, 0.3) is 0 Å². The van der Waals surface area contributed by atoms with E-state index in [1.807, 2.05) is 25.1 Å². The molecule has 3 N–H and O–H groups in total. The lowest BCUT2D eigenvalue weighted by molar-refractivity contribution is -0.117. The SMILES string of the molecule is COc1ccc(NC(=O)CNc2cc(NC(=O)C3CC3)ccc2C)c(OC)c1. The summed E-state index contributed by atoms with van der Waals surface area (Å²) in [7, 11) is 3.11. The first-order chi connectivity index (χ1) is 13.5. The quantitative estimate of drug-likeness (QED) is 0.650. The summed E-state index contributed by atoms with van der Waals surface area (Å²) in [6, 6.07) is 10.8. The summed E-state index contributed by atoms with van der Waals surface area (Å²) in [5.41, 5.74) is 3.07. The van der Waals surface area contributed by atoms with Gasteiger partial charge in [0.15, 0.2) is 0 Å². The van der Waals surface area contributed by atoms with Crippen molar-refractivity contribution in [3.63, 3.8) is 0 Å². The Morgan fingerprint density at radius 3 is 2.46 bits per heavy atom. The van der Waals surface area contributed by atoms with Crippen LogP contribution in [0.2, 0.25) is 0 Å². The highest BCUT2D eigenvalue weighted by Crippen LogP contribution is 2.31. The molecule has 0 aliphatic heterocycles. The number of amides is 2. The summed E-state index contributed by atoms with van der Waals surface area (Å²) >= 11 is 0. The minimum absolute atomic E-state index is 0.0548. The average Bonchev–Trinajstić information content (AvgIpc) is 3.54. The van der Waals surface area contributed by atoms with Crippen LogP contribution in [0.3, 0.4) is 0 Å². The molecule has 0 radical (unpaired) electrons. The summed E-state index contributed by atoms with van der Waals surface area (Å²) in [6.45, 7) is 2.02. The van der Waals surface area contributed by atoms with Crippen LogP contribution in [-0.4, -0.2) is 32.6 Å². The number of rotatable bonds is 8. The second-order valence-corrected chi connectivity index (χ2v) is 6.76. The molecule has 1 fully saturated rings. The van der Waals surface area contributed by atoms with Gasteiger partial charge in [-0.2, -0.15) is 0 Å². The molecule has 1 aliphatic rings. The third kappa shape index (κ3) is 4.94. The molecule has 0 bridgehead atoms. The van der Waals surface area contributed by atoms with Crippen LogP contribution in [0.4, 0.5) is 17.1 Å². The standard InChI is InChI=1S/C21H25N3O4/c1-13-4-7-15(23-21(26)14-5-6-14)10-18(13)22-12-20(25)24-17-9-8-16(27-2)11-19(17)28-3/h4,7-11,14,22H,5-6,12H2,1-3H3,(H,23,26)(H,24,25). The number of carbonyl (C=O) groups excluding carboxylic acids is 2. The van der Waals surface area contributed by atoms with E-state index in [-0.39, 0.29) is 24.3 Å². The van der Waals surface area contributed by atoms with Crippen LogP contribution in [0.5, 0.6) is 11.5 Å². The van der Waals surface area contributed by atoms with Crippen molar-refractivity contribution in [1.82, 2.24) is 0 Å². The normalized spacial score (nSPS) is 12.8. The Hall–Kier alpha value is -3.22. The molecule has 148 valence electrons. The Balaban J connectivity index is 1.60. The van der Waals surface area contributed by atoms with Gasteiger partial charge in [0, 0.05) is 23.4 Å². The van der Waals surface area contributed by atoms with Gasteiger partial charge in [-0.1, -0.05) is 6.07 Å². The van der Waals surface area contributed by atoms with E-state index in [0.717, 1.165) is 29.8 Å². The van der Waals surface area contributed by atoms with Crippen molar-refractivity contribution in [3.8, 4) is 11.5 Å². The largest absolute Gasteiger partial charge is 0.497 e. The van der Waals surface area contributed by atoms with E-state index in [1.54, 1.807) is 25.3 Å². The number of methoxy groups -OCH3 is 2. The number of nitrogens with one attached hydrogen (secondary N) is 3. The molecule has 7 nitrogen and oxygen atoms in total. The Bertz CT molecular complexity index is 878. The third-order valence-electron chi connectivity index (χ3n) is 4.58. The maximum atomic E-state index is 12.3. The minimum Gasteiger partial charge on any atom is -0.497 e. The van der Waals surface area contributed by atoms with Crippen molar-refractivity contribution >= 4 is 28.9 Å². The van der Waals surface area contributed by atoms with E-state index in [9.17, 15) is 9.59 Å². The zero-order valence-corrected chi connectivity index (χ0v) is 16.3. The highest BCUT2D eigenvalue weighted by Gasteiger charge is 2.29. The molecule has 0 spiro atoms. The van der Waals surface area contributed by atoms with Crippen molar-refractivity contribution in [2.75, 3.05) is 36.7 Å². The molecule has 0 unspecified atom stereocenters. The van der Waals surface area contributed by atoms with Crippen molar-refractivity contribution in [2.24, 2.45) is 5.92 Å². The van der Waals surface area contributed by atoms with Gasteiger partial charge >= 0.3 is 0 Å². The first-order valence-corrected chi connectivity index (χ1v) is 9.17. The van der Waals surface area contributed by atoms with Crippen LogP contribution in [0.15, 0.2) is 36.4 Å². The third-order valence-corrected chi connectivity index (χ3v) is 4.58. The molecule has 0 heterocycles. The highest BCUT2D eigenvalue weighted by molar-refractivity contribution is 5.96. The Kier molecular flexibility index (Phi) is 6.03. The van der Waals surface area contributed by atoms with Crippen LogP contribution in [0.1, 0.15) is 18.4 Å². The number of aryl methyl sites for hydroxylation is 1. The van der Waals surface area contributed by atoms with E-state index in [2.05, 4.69) is 16.0 Å². The lowest BCUT2D eigenvalue weighted by Crippen LogP contribution is -2.22. The average molecular weight is 383 g/mol. The zero-order chi connectivity index (χ0) is 20.1. The smallest absolute Gasteiger partial charge is 0.243 e. The Labute approximate surface area is 164 Å². The molecule has 1 aliphatic carbocycles. The molecule has 2 aromatic carbocycles. The second kappa shape index (κ2) is 8.65. The van der Waals surface area contributed by atoms with Gasteiger partial charge in [0.05, 0.1) is 26.5 Å². The molecule has 7 heteroatoms. The molecular formula is C21H25N3O4. The molecule has 0 atom stereocenters. The minimum atomic E-state index is -0.213. The van der Waals surface area contributed by atoms with Gasteiger partial charge in [-0.15, -0.1) is 0 Å². The van der Waals surface area contributed by atoms with Gasteiger partial charge in [-0.05, 0) is 49.6 Å². The molecule has 0 aromatic heterocycles. The van der Waals surface area contributed by atoms with Crippen LogP contribution >= 0.6 is 0 Å². The Morgan fingerprint density at radius 2 is 1.79 bits per heavy atom. The lowest BCUT2D eigenvalue weighted by atomic mass is 10.1. The monoisotopic (exact) mass is 383 g/mol. The number of ether oxygens (including phenoxy) is 2. The fourth-order valence-corrected chi connectivity index (χ4v) is 2.75. The van der Waals surface area contributed by atoms with Crippen molar-refractivity contribution in [1.29, 1.82) is 0 Å². The molecule has 3 rings (SSSR count). The molecule has 2 aromatic rings. The second-order valence-electron chi connectivity index (χ2n) is 6.76. The summed E-state index contributed by atoms with van der Waals surface area (Å²) in [6.07, 6.45) is 1.91. The molecule has 1 saturated carbocycles. The van der Waals surface area contributed by atoms with Gasteiger partial charge in [0.1, 0.15) is 11.5 Å². The predicted molar refractivity (Wildman–Crippen MR) is 109 cm³/mol. The van der Waals surface area contributed by atoms with Gasteiger partial charge in [0.2, 0.25) is 11.8 Å². The van der Waals surface area contributed by atoms with Crippen LogP contribution in [-0.2, 0) is 9.59 Å². The maximum absolute atomic E-state index is 12.3. The van der Waals surface area contributed by atoms with Crippen molar-refractivity contribution < 1.29 is 19.1 Å². The van der Waals surface area contributed by atoms with E-state index >= 15 is 0 Å². The van der Waals surface area contributed by atoms with E-state index in [0.29, 0.717) is 17.2 Å². The molecular weight excluding hydrogens is 358 g/mol. The summed E-state index contributed by atoms with van der Waals surface area (Å²) in [5, 5.41) is 8.86. The number of benzene rings is 2. The topological polar surface area (TPSA) is 88.7 Å². The number of hydrogen-bond donors (Lipinski definition) is 3. The summed E-state index contributed by atoms with van der Waals surface area (Å²) in [4.78, 5) is 24.3. The number of anilines is 3. The fourth-order valence-electron chi connectivity index (χ4n) is 2.75. The van der Waals surface area contributed by atoms with Crippen LogP contribution in [0.25, 0.3) is 0 Å². The van der Waals surface area contributed by atoms with Gasteiger partial charge in [-0.3, -0.25) is 9.59 Å². The number of carbonyl (C=O) groups is 2. The van der Waals surface area contributed by atoms with E-state index in [1.165, 1.54) is 7.11 Å². The van der Waals surface area contributed by atoms with Crippen LogP contribution < -0.4 is 25.4 Å². The van der Waals surface area contributed by atoms with Crippen LogP contribution in [0, 0.1) is 12.8 Å². The van der Waals surface area contributed by atoms with E-state index < -0.39 is 0 Å². The predicted octanol–water partition coefficient (Wildman–Crippen LogP) is 3.41. The highest BCUT2D eigenvalue weighted by atomic mass is 16.5. The van der Waals surface area contributed by atoms with Crippen molar-refractivity contribution in [2.45, 2.75) is 19.8 Å². The fraction of sp³-hybridized carbons (Fsp3) is 0.333. The molecule has 28 heavy (non-hydrogen) atoms. The molecule has 0 saturated heterocycles. The van der Waals surface area contributed by atoms with Gasteiger partial charge < -0.3 is 25.4 Å². The first-order valence-electron chi connectivity index (χ1n) is 9.17. The summed E-state index contributed by atoms with van der Waals surface area (Å²) in [5.74, 6) is 1.15. The first kappa shape index (κ1) is 19.5. The summed E-state index contributed by atoms with van der Waals surface area (Å²) < 4.78 is 10.4. The van der Waals surface area contributed by atoms with Gasteiger partial charge in [-0.25, -0.2) is 0 Å². The maximum Gasteiger partial charge on any atom is 0.243 e. The zero-order valence-electron chi connectivity index (χ0n) is 16.3. The van der Waals surface area contributed by atoms with Crippen molar-refractivity contribution in [3.05, 3.63) is 42.0 Å². The van der Waals surface area contributed by atoms with E-state index in [4.69, 9.17) is 9.47 Å². The lowest BCUT2D eigenvalue weighted by Gasteiger charge is -2.14. The molecule has 2 amide bonds.